The van der Waals surface area contributed by atoms with Gasteiger partial charge in [-0.2, -0.15) is 0 Å². The third-order valence-electron chi connectivity index (χ3n) is 4.99. The molecular formula is C24H30Cl2N2O2S. The average molecular weight is 481 g/mol. The summed E-state index contributed by atoms with van der Waals surface area (Å²) in [6.45, 7) is 8.59. The molecule has 168 valence electrons. The predicted molar refractivity (Wildman–Crippen MR) is 132 cm³/mol. The highest BCUT2D eigenvalue weighted by molar-refractivity contribution is 7.99. The van der Waals surface area contributed by atoms with Crippen molar-refractivity contribution in [3.63, 3.8) is 0 Å². The molecule has 0 saturated carbocycles. The maximum atomic E-state index is 13.2. The van der Waals surface area contributed by atoms with Crippen molar-refractivity contribution < 1.29 is 9.59 Å². The smallest absolute Gasteiger partial charge is 0.242 e. The number of aryl methyl sites for hydroxylation is 1. The summed E-state index contributed by atoms with van der Waals surface area (Å²) in [5.41, 5.74) is 3.04. The molecule has 0 bridgehead atoms. The highest BCUT2D eigenvalue weighted by Gasteiger charge is 2.27. The van der Waals surface area contributed by atoms with Crippen LogP contribution in [0.4, 0.5) is 0 Å². The second-order valence-corrected chi connectivity index (χ2v) is 9.76. The van der Waals surface area contributed by atoms with Gasteiger partial charge in [-0.25, -0.2) is 0 Å². The predicted octanol–water partition coefficient (Wildman–Crippen LogP) is 5.72. The number of hydrogen-bond donors (Lipinski definition) is 1. The monoisotopic (exact) mass is 480 g/mol. The van der Waals surface area contributed by atoms with Crippen molar-refractivity contribution in [3.8, 4) is 0 Å². The standard InChI is InChI=1S/C24H30Cl2N2O2S/c1-16(2)12-27-24(30)18(4)28(13-20-21(25)10-7-11-22(20)26)23(29)15-31-14-19-9-6-5-8-17(19)3/h5-11,16,18H,12-15H2,1-4H3,(H,27,30). The Bertz CT molecular complexity index is 885. The number of hydrogen-bond acceptors (Lipinski definition) is 3. The van der Waals surface area contributed by atoms with Gasteiger partial charge in [0, 0.05) is 34.5 Å². The van der Waals surface area contributed by atoms with E-state index in [9.17, 15) is 9.59 Å². The molecule has 0 aliphatic rings. The summed E-state index contributed by atoms with van der Waals surface area (Å²) >= 11 is 14.2. The molecule has 0 radical (unpaired) electrons. The van der Waals surface area contributed by atoms with Gasteiger partial charge in [-0.15, -0.1) is 11.8 Å². The Labute approximate surface area is 199 Å². The van der Waals surface area contributed by atoms with Crippen LogP contribution in [0.3, 0.4) is 0 Å². The van der Waals surface area contributed by atoms with E-state index in [4.69, 9.17) is 23.2 Å². The Hall–Kier alpha value is -1.69. The Balaban J connectivity index is 2.14. The zero-order valence-corrected chi connectivity index (χ0v) is 20.8. The zero-order chi connectivity index (χ0) is 23.0. The van der Waals surface area contributed by atoms with Crippen LogP contribution < -0.4 is 5.32 Å². The fourth-order valence-electron chi connectivity index (χ4n) is 2.99. The number of nitrogens with zero attached hydrogens (tertiary/aromatic N) is 1. The molecule has 0 fully saturated rings. The molecule has 0 saturated heterocycles. The third-order valence-corrected chi connectivity index (χ3v) is 6.66. The van der Waals surface area contributed by atoms with E-state index in [0.29, 0.717) is 28.1 Å². The van der Waals surface area contributed by atoms with Crippen LogP contribution in [-0.4, -0.2) is 35.1 Å². The minimum atomic E-state index is -0.641. The Morgan fingerprint density at radius 1 is 1.03 bits per heavy atom. The van der Waals surface area contributed by atoms with Gasteiger partial charge in [-0.3, -0.25) is 9.59 Å². The van der Waals surface area contributed by atoms with Gasteiger partial charge in [0.15, 0.2) is 0 Å². The van der Waals surface area contributed by atoms with Crippen molar-refractivity contribution in [2.45, 2.75) is 46.0 Å². The molecule has 0 spiro atoms. The van der Waals surface area contributed by atoms with Crippen molar-refractivity contribution in [3.05, 3.63) is 69.2 Å². The second kappa shape index (κ2) is 12.4. The number of thioether (sulfide) groups is 1. The van der Waals surface area contributed by atoms with Gasteiger partial charge >= 0.3 is 0 Å². The van der Waals surface area contributed by atoms with Crippen LogP contribution in [0.1, 0.15) is 37.5 Å². The quantitative estimate of drug-likeness (QED) is 0.472. The van der Waals surface area contributed by atoms with Crippen molar-refractivity contribution in [1.82, 2.24) is 10.2 Å². The molecule has 0 heterocycles. The van der Waals surface area contributed by atoms with Gasteiger partial charge in [0.25, 0.3) is 0 Å². The first-order valence-corrected chi connectivity index (χ1v) is 12.2. The van der Waals surface area contributed by atoms with E-state index in [1.54, 1.807) is 30.0 Å². The highest BCUT2D eigenvalue weighted by Crippen LogP contribution is 2.27. The van der Waals surface area contributed by atoms with Crippen molar-refractivity contribution in [2.24, 2.45) is 5.92 Å². The van der Waals surface area contributed by atoms with Crippen LogP contribution in [0, 0.1) is 12.8 Å². The molecule has 31 heavy (non-hydrogen) atoms. The first kappa shape index (κ1) is 25.6. The summed E-state index contributed by atoms with van der Waals surface area (Å²) in [6.07, 6.45) is 0. The molecule has 1 unspecified atom stereocenters. The lowest BCUT2D eigenvalue weighted by molar-refractivity contribution is -0.138. The second-order valence-electron chi connectivity index (χ2n) is 7.96. The third kappa shape index (κ3) is 7.74. The van der Waals surface area contributed by atoms with E-state index in [0.717, 1.165) is 5.75 Å². The summed E-state index contributed by atoms with van der Waals surface area (Å²) < 4.78 is 0. The summed E-state index contributed by atoms with van der Waals surface area (Å²) in [5, 5.41) is 3.87. The fourth-order valence-corrected chi connectivity index (χ4v) is 4.50. The minimum absolute atomic E-state index is 0.123. The fraction of sp³-hybridized carbons (Fsp3) is 0.417. The molecule has 0 aliphatic heterocycles. The lowest BCUT2D eigenvalue weighted by atomic mass is 10.1. The number of carbonyl (C=O) groups is 2. The van der Waals surface area contributed by atoms with Gasteiger partial charge in [-0.1, -0.05) is 67.4 Å². The molecule has 1 N–H and O–H groups in total. The van der Waals surface area contributed by atoms with Crippen molar-refractivity contribution >= 4 is 46.8 Å². The Morgan fingerprint density at radius 3 is 2.29 bits per heavy atom. The SMILES string of the molecule is Cc1ccccc1CSCC(=O)N(Cc1c(Cl)cccc1Cl)C(C)C(=O)NCC(C)C. The summed E-state index contributed by atoms with van der Waals surface area (Å²) in [5.74, 6) is 1.00. The Kier molecular flexibility index (Phi) is 10.2. The topological polar surface area (TPSA) is 49.4 Å². The largest absolute Gasteiger partial charge is 0.354 e. The van der Waals surface area contributed by atoms with Crippen LogP contribution in [-0.2, 0) is 21.9 Å². The van der Waals surface area contributed by atoms with Crippen LogP contribution in [0.2, 0.25) is 10.0 Å². The van der Waals surface area contributed by atoms with Crippen LogP contribution in [0.5, 0.6) is 0 Å². The van der Waals surface area contributed by atoms with Crippen LogP contribution in [0.15, 0.2) is 42.5 Å². The average Bonchev–Trinajstić information content (AvgIpc) is 2.72. The molecule has 2 aromatic rings. The van der Waals surface area contributed by atoms with Crippen molar-refractivity contribution in [1.29, 1.82) is 0 Å². The van der Waals surface area contributed by atoms with E-state index in [2.05, 4.69) is 24.4 Å². The molecule has 2 rings (SSSR count). The number of amides is 2. The molecule has 2 aromatic carbocycles. The molecule has 2 amide bonds. The van der Waals surface area contributed by atoms with E-state index < -0.39 is 6.04 Å². The maximum absolute atomic E-state index is 13.2. The van der Waals surface area contributed by atoms with Crippen LogP contribution in [0.25, 0.3) is 0 Å². The van der Waals surface area contributed by atoms with E-state index >= 15 is 0 Å². The van der Waals surface area contributed by atoms with E-state index in [1.807, 2.05) is 26.0 Å². The lowest BCUT2D eigenvalue weighted by Gasteiger charge is -2.29. The summed E-state index contributed by atoms with van der Waals surface area (Å²) in [4.78, 5) is 27.4. The van der Waals surface area contributed by atoms with Crippen LogP contribution >= 0.6 is 35.0 Å². The maximum Gasteiger partial charge on any atom is 0.242 e. The number of benzene rings is 2. The number of rotatable bonds is 10. The van der Waals surface area contributed by atoms with Crippen molar-refractivity contribution in [2.75, 3.05) is 12.3 Å². The number of nitrogens with one attached hydrogen (secondary N) is 1. The molecule has 0 aromatic heterocycles. The van der Waals surface area contributed by atoms with E-state index in [-0.39, 0.29) is 24.1 Å². The van der Waals surface area contributed by atoms with Gasteiger partial charge in [0.2, 0.25) is 11.8 Å². The molecule has 4 nitrogen and oxygen atoms in total. The zero-order valence-electron chi connectivity index (χ0n) is 18.5. The first-order chi connectivity index (χ1) is 14.7. The molecule has 7 heteroatoms. The van der Waals surface area contributed by atoms with Gasteiger partial charge < -0.3 is 10.2 Å². The normalized spacial score (nSPS) is 12.0. The summed E-state index contributed by atoms with van der Waals surface area (Å²) in [6, 6.07) is 12.7. The number of carbonyl (C=O) groups excluding carboxylic acids is 2. The Morgan fingerprint density at radius 2 is 1.68 bits per heavy atom. The first-order valence-electron chi connectivity index (χ1n) is 10.3. The lowest BCUT2D eigenvalue weighted by Crippen LogP contribution is -2.48. The number of halogens is 2. The highest BCUT2D eigenvalue weighted by atomic mass is 35.5. The van der Waals surface area contributed by atoms with Gasteiger partial charge in [-0.05, 0) is 43.0 Å². The van der Waals surface area contributed by atoms with E-state index in [1.165, 1.54) is 22.9 Å². The molecule has 0 aliphatic carbocycles. The minimum Gasteiger partial charge on any atom is -0.354 e. The van der Waals surface area contributed by atoms with Gasteiger partial charge in [0.05, 0.1) is 5.75 Å². The molecular weight excluding hydrogens is 451 g/mol. The molecule has 1 atom stereocenters. The van der Waals surface area contributed by atoms with Gasteiger partial charge in [0.1, 0.15) is 6.04 Å². The summed E-state index contributed by atoms with van der Waals surface area (Å²) in [7, 11) is 0.